The fourth-order valence-electron chi connectivity index (χ4n) is 1.48. The molecular weight excluding hydrogens is 272 g/mol. The van der Waals surface area contributed by atoms with E-state index >= 15 is 0 Å². The lowest BCUT2D eigenvalue weighted by atomic mass is 10.1. The van der Waals surface area contributed by atoms with E-state index in [0.29, 0.717) is 11.7 Å². The number of rotatable bonds is 9. The van der Waals surface area contributed by atoms with E-state index in [9.17, 15) is 4.79 Å². The first kappa shape index (κ1) is 16.6. The Balaban J connectivity index is 2.07. The van der Waals surface area contributed by atoms with Crippen LogP contribution in [0.3, 0.4) is 0 Å². The van der Waals surface area contributed by atoms with Crippen LogP contribution in [0.5, 0.6) is 0 Å². The topological polar surface area (TPSA) is 17.1 Å². The molecule has 0 N–H and O–H groups in total. The molecule has 1 unspecified atom stereocenters. The zero-order valence-corrected chi connectivity index (χ0v) is 13.7. The van der Waals surface area contributed by atoms with Crippen LogP contribution >= 0.6 is 21.6 Å². The van der Waals surface area contributed by atoms with Gasteiger partial charge in [0, 0.05) is 23.0 Å². The van der Waals surface area contributed by atoms with Crippen LogP contribution in [0.2, 0.25) is 0 Å². The third-order valence-corrected chi connectivity index (χ3v) is 6.39. The van der Waals surface area contributed by atoms with Crippen molar-refractivity contribution in [2.45, 2.75) is 45.3 Å². The Morgan fingerprint density at radius 3 is 2.42 bits per heavy atom. The first-order valence-electron chi connectivity index (χ1n) is 6.97. The van der Waals surface area contributed by atoms with Crippen molar-refractivity contribution in [1.82, 2.24) is 0 Å². The van der Waals surface area contributed by atoms with Crippen LogP contribution < -0.4 is 0 Å². The molecule has 106 valence electrons. The van der Waals surface area contributed by atoms with Crippen molar-refractivity contribution < 1.29 is 4.79 Å². The molecule has 1 rings (SSSR count). The normalized spacial score (nSPS) is 12.6. The van der Waals surface area contributed by atoms with Gasteiger partial charge in [0.25, 0.3) is 0 Å². The smallest absolute Gasteiger partial charge is 0.162 e. The van der Waals surface area contributed by atoms with Crippen molar-refractivity contribution in [1.29, 1.82) is 0 Å². The van der Waals surface area contributed by atoms with Gasteiger partial charge in [0.2, 0.25) is 0 Å². The first-order valence-corrected chi connectivity index (χ1v) is 9.36. The Morgan fingerprint density at radius 2 is 1.79 bits per heavy atom. The van der Waals surface area contributed by atoms with Gasteiger partial charge in [-0.3, -0.25) is 4.79 Å². The third-order valence-electron chi connectivity index (χ3n) is 3.14. The summed E-state index contributed by atoms with van der Waals surface area (Å²) >= 11 is 0. The molecule has 0 amide bonds. The van der Waals surface area contributed by atoms with E-state index in [2.05, 4.69) is 20.8 Å². The Hall–Kier alpha value is -0.410. The van der Waals surface area contributed by atoms with E-state index in [1.807, 2.05) is 51.9 Å². The molecule has 0 radical (unpaired) electrons. The van der Waals surface area contributed by atoms with Gasteiger partial charge in [0.1, 0.15) is 0 Å². The molecule has 1 nitrogen and oxygen atoms in total. The van der Waals surface area contributed by atoms with Gasteiger partial charge in [0.05, 0.1) is 0 Å². The van der Waals surface area contributed by atoms with Gasteiger partial charge in [0.15, 0.2) is 5.78 Å². The average molecular weight is 297 g/mol. The summed E-state index contributed by atoms with van der Waals surface area (Å²) in [4.78, 5) is 11.9. The predicted molar refractivity (Wildman–Crippen MR) is 89.0 cm³/mol. The predicted octanol–water partition coefficient (Wildman–Crippen LogP) is 5.47. The number of unbranched alkanes of at least 4 members (excludes halogenated alkanes) is 1. The summed E-state index contributed by atoms with van der Waals surface area (Å²) in [6.45, 7) is 6.80. The van der Waals surface area contributed by atoms with E-state index in [4.69, 9.17) is 0 Å². The maximum absolute atomic E-state index is 11.9. The minimum absolute atomic E-state index is 0.272. The molecule has 0 aromatic heterocycles. The van der Waals surface area contributed by atoms with Crippen LogP contribution in [0.1, 0.15) is 50.4 Å². The molecule has 19 heavy (non-hydrogen) atoms. The maximum Gasteiger partial charge on any atom is 0.162 e. The third kappa shape index (κ3) is 7.07. The Kier molecular flexibility index (Phi) is 8.31. The van der Waals surface area contributed by atoms with Crippen molar-refractivity contribution in [3.63, 3.8) is 0 Å². The fraction of sp³-hybridized carbons (Fsp3) is 0.562. The molecule has 0 aliphatic heterocycles. The average Bonchev–Trinajstić information content (AvgIpc) is 2.42. The lowest BCUT2D eigenvalue weighted by Gasteiger charge is -2.13. The summed E-state index contributed by atoms with van der Waals surface area (Å²) < 4.78 is 0. The zero-order valence-electron chi connectivity index (χ0n) is 12.1. The van der Waals surface area contributed by atoms with Crippen molar-refractivity contribution in [2.24, 2.45) is 5.92 Å². The number of Topliss-reactive ketones (excluding diaryl/α,β-unsaturated/α-hetero) is 1. The van der Waals surface area contributed by atoms with E-state index < -0.39 is 0 Å². The second-order valence-corrected chi connectivity index (χ2v) is 7.98. The quantitative estimate of drug-likeness (QED) is 0.342. The fourth-order valence-corrected chi connectivity index (χ4v) is 4.29. The SMILES string of the molecule is CC(C)C(C)SSCCCCC(=O)c1ccccc1. The molecule has 0 fully saturated rings. The van der Waals surface area contributed by atoms with Gasteiger partial charge in [-0.25, -0.2) is 0 Å². The Morgan fingerprint density at radius 1 is 1.11 bits per heavy atom. The summed E-state index contributed by atoms with van der Waals surface area (Å²) in [6.07, 6.45) is 2.80. The first-order chi connectivity index (χ1) is 9.11. The number of ketones is 1. The molecule has 0 saturated carbocycles. The van der Waals surface area contributed by atoms with Crippen LogP contribution in [0, 0.1) is 5.92 Å². The van der Waals surface area contributed by atoms with Crippen LogP contribution in [0.25, 0.3) is 0 Å². The van der Waals surface area contributed by atoms with Gasteiger partial charge in [-0.2, -0.15) is 0 Å². The molecule has 0 bridgehead atoms. The van der Waals surface area contributed by atoms with Crippen LogP contribution in [-0.2, 0) is 0 Å². The molecule has 0 heterocycles. The maximum atomic E-state index is 11.9. The second-order valence-electron chi connectivity index (χ2n) is 5.11. The van der Waals surface area contributed by atoms with E-state index in [1.165, 1.54) is 0 Å². The number of carbonyl (C=O) groups is 1. The highest BCUT2D eigenvalue weighted by molar-refractivity contribution is 8.76. The second kappa shape index (κ2) is 9.49. The molecule has 0 saturated heterocycles. The van der Waals surface area contributed by atoms with Gasteiger partial charge in [-0.15, -0.1) is 0 Å². The minimum Gasteiger partial charge on any atom is -0.294 e. The van der Waals surface area contributed by atoms with Crippen molar-refractivity contribution in [3.8, 4) is 0 Å². The summed E-state index contributed by atoms with van der Waals surface area (Å²) in [5.74, 6) is 2.15. The molecule has 0 spiro atoms. The zero-order chi connectivity index (χ0) is 14.1. The summed E-state index contributed by atoms with van der Waals surface area (Å²) in [5, 5.41) is 0.705. The Bertz CT molecular complexity index is 362. The molecular formula is C16H24OS2. The molecule has 1 aromatic carbocycles. The highest BCUT2D eigenvalue weighted by Crippen LogP contribution is 2.31. The minimum atomic E-state index is 0.272. The Labute approximate surface area is 125 Å². The number of benzene rings is 1. The van der Waals surface area contributed by atoms with Crippen LogP contribution in [0.4, 0.5) is 0 Å². The van der Waals surface area contributed by atoms with Crippen molar-refractivity contribution in [3.05, 3.63) is 35.9 Å². The molecule has 3 heteroatoms. The highest BCUT2D eigenvalue weighted by atomic mass is 33.1. The van der Waals surface area contributed by atoms with Gasteiger partial charge in [-0.05, 0) is 18.8 Å². The lowest BCUT2D eigenvalue weighted by molar-refractivity contribution is 0.0980. The molecule has 0 aliphatic carbocycles. The summed E-state index contributed by atoms with van der Waals surface area (Å²) in [6, 6.07) is 9.59. The largest absolute Gasteiger partial charge is 0.294 e. The molecule has 1 aromatic rings. The number of hydrogen-bond donors (Lipinski definition) is 0. The van der Waals surface area contributed by atoms with Gasteiger partial charge < -0.3 is 0 Å². The van der Waals surface area contributed by atoms with E-state index in [-0.39, 0.29) is 5.78 Å². The van der Waals surface area contributed by atoms with E-state index in [0.717, 1.165) is 30.1 Å². The molecule has 0 aliphatic rings. The molecule has 1 atom stereocenters. The monoisotopic (exact) mass is 296 g/mol. The van der Waals surface area contributed by atoms with E-state index in [1.54, 1.807) is 0 Å². The van der Waals surface area contributed by atoms with Gasteiger partial charge >= 0.3 is 0 Å². The van der Waals surface area contributed by atoms with Gasteiger partial charge in [-0.1, -0.05) is 72.7 Å². The van der Waals surface area contributed by atoms with Crippen LogP contribution in [0.15, 0.2) is 30.3 Å². The van der Waals surface area contributed by atoms with Crippen molar-refractivity contribution >= 4 is 27.4 Å². The highest BCUT2D eigenvalue weighted by Gasteiger charge is 2.08. The number of carbonyl (C=O) groups excluding carboxylic acids is 1. The number of hydrogen-bond acceptors (Lipinski definition) is 3. The van der Waals surface area contributed by atoms with Crippen LogP contribution in [-0.4, -0.2) is 16.8 Å². The standard InChI is InChI=1S/C16H24OS2/c1-13(2)14(3)19-18-12-8-7-11-16(17)15-9-5-4-6-10-15/h4-6,9-10,13-14H,7-8,11-12H2,1-3H3. The summed E-state index contributed by atoms with van der Waals surface area (Å²) in [7, 11) is 3.91. The van der Waals surface area contributed by atoms with Crippen molar-refractivity contribution in [2.75, 3.05) is 5.75 Å². The lowest BCUT2D eigenvalue weighted by Crippen LogP contribution is -2.03. The summed E-state index contributed by atoms with van der Waals surface area (Å²) in [5.41, 5.74) is 0.845.